The predicted octanol–water partition coefficient (Wildman–Crippen LogP) is 4.12. The fourth-order valence-electron chi connectivity index (χ4n) is 4.29. The Kier molecular flexibility index (Phi) is 7.85. The molecule has 0 atom stereocenters. The number of amides is 1. The minimum Gasteiger partial charge on any atom is -0.488 e. The number of ether oxygens (including phenoxy) is 1. The van der Waals surface area contributed by atoms with Gasteiger partial charge in [0, 0.05) is 38.4 Å². The van der Waals surface area contributed by atoms with E-state index in [0.29, 0.717) is 24.5 Å². The maximum atomic E-state index is 12.8. The van der Waals surface area contributed by atoms with Gasteiger partial charge in [-0.1, -0.05) is 29.4 Å². The molecular weight excluding hydrogens is 428 g/mol. The standard InChI is InChI=1S/C27H34N4O3/c1-20-8-6-9-23(18-20)31-16-14-30(15-17-31)13-7-12-28-27(32)24-10-4-5-11-26(24)33-19-25-21(2)29-34-22(25)3/h4-6,8-11,18H,7,12-17,19H2,1-3H3,(H,28,32). The van der Waals surface area contributed by atoms with E-state index in [9.17, 15) is 4.79 Å². The highest BCUT2D eigenvalue weighted by atomic mass is 16.5. The van der Waals surface area contributed by atoms with Crippen LogP contribution in [0.4, 0.5) is 5.69 Å². The Balaban J connectivity index is 1.20. The van der Waals surface area contributed by atoms with Crippen LogP contribution in [0.1, 0.15) is 39.4 Å². The third-order valence-electron chi connectivity index (χ3n) is 6.36. The van der Waals surface area contributed by atoms with Gasteiger partial charge in [0.1, 0.15) is 18.1 Å². The minimum atomic E-state index is -0.112. The van der Waals surface area contributed by atoms with Crippen molar-refractivity contribution in [3.8, 4) is 5.75 Å². The smallest absolute Gasteiger partial charge is 0.255 e. The van der Waals surface area contributed by atoms with Crippen LogP contribution >= 0.6 is 0 Å². The maximum Gasteiger partial charge on any atom is 0.255 e. The summed E-state index contributed by atoms with van der Waals surface area (Å²) in [5, 5.41) is 7.01. The quantitative estimate of drug-likeness (QED) is 0.483. The number of carbonyl (C=O) groups excluding carboxylic acids is 1. The maximum absolute atomic E-state index is 12.8. The van der Waals surface area contributed by atoms with Crippen LogP contribution in [-0.4, -0.2) is 55.2 Å². The molecule has 0 bridgehead atoms. The molecule has 1 aliphatic rings. The number of benzene rings is 2. The van der Waals surface area contributed by atoms with E-state index in [1.54, 1.807) is 6.07 Å². The van der Waals surface area contributed by atoms with Gasteiger partial charge in [0.05, 0.1) is 16.8 Å². The van der Waals surface area contributed by atoms with Crippen molar-refractivity contribution in [3.05, 3.63) is 76.7 Å². The Morgan fingerprint density at radius 2 is 1.85 bits per heavy atom. The van der Waals surface area contributed by atoms with Crippen molar-refractivity contribution in [1.29, 1.82) is 0 Å². The van der Waals surface area contributed by atoms with Gasteiger partial charge in [-0.15, -0.1) is 0 Å². The second-order valence-corrected chi connectivity index (χ2v) is 8.86. The first-order valence-electron chi connectivity index (χ1n) is 12.0. The molecule has 0 aliphatic carbocycles. The minimum absolute atomic E-state index is 0.112. The van der Waals surface area contributed by atoms with E-state index < -0.39 is 0 Å². The average Bonchev–Trinajstić information content (AvgIpc) is 3.18. The van der Waals surface area contributed by atoms with Crippen LogP contribution < -0.4 is 15.0 Å². The summed E-state index contributed by atoms with van der Waals surface area (Å²) in [6.07, 6.45) is 0.915. The third kappa shape index (κ3) is 5.97. The zero-order valence-corrected chi connectivity index (χ0v) is 20.3. The fraction of sp³-hybridized carbons (Fsp3) is 0.407. The molecule has 3 aromatic rings. The monoisotopic (exact) mass is 462 g/mol. The Bertz CT molecular complexity index is 1080. The lowest BCUT2D eigenvalue weighted by Crippen LogP contribution is -2.47. The molecule has 180 valence electrons. The summed E-state index contributed by atoms with van der Waals surface area (Å²) in [6.45, 7) is 12.0. The van der Waals surface area contributed by atoms with Crippen molar-refractivity contribution < 1.29 is 14.1 Å². The van der Waals surface area contributed by atoms with Crippen LogP contribution in [0.15, 0.2) is 53.1 Å². The van der Waals surface area contributed by atoms with Gasteiger partial charge >= 0.3 is 0 Å². The molecule has 0 radical (unpaired) electrons. The van der Waals surface area contributed by atoms with Crippen molar-refractivity contribution in [2.75, 3.05) is 44.2 Å². The highest BCUT2D eigenvalue weighted by molar-refractivity contribution is 5.96. The molecule has 1 fully saturated rings. The fourth-order valence-corrected chi connectivity index (χ4v) is 4.29. The van der Waals surface area contributed by atoms with E-state index >= 15 is 0 Å². The van der Waals surface area contributed by atoms with E-state index in [4.69, 9.17) is 9.26 Å². The third-order valence-corrected chi connectivity index (χ3v) is 6.36. The first kappa shape index (κ1) is 23.8. The lowest BCUT2D eigenvalue weighted by atomic mass is 10.1. The molecule has 7 nitrogen and oxygen atoms in total. The number of rotatable bonds is 9. The number of para-hydroxylation sites is 1. The second kappa shape index (κ2) is 11.2. The number of hydrogen-bond acceptors (Lipinski definition) is 6. The molecule has 0 unspecified atom stereocenters. The molecule has 1 aromatic heterocycles. The summed E-state index contributed by atoms with van der Waals surface area (Å²) in [5.74, 6) is 1.19. The Morgan fingerprint density at radius 3 is 2.59 bits per heavy atom. The summed E-state index contributed by atoms with van der Waals surface area (Å²) in [4.78, 5) is 17.7. The van der Waals surface area contributed by atoms with E-state index in [2.05, 4.69) is 51.5 Å². The molecular formula is C27H34N4O3. The summed E-state index contributed by atoms with van der Waals surface area (Å²) in [5.41, 5.74) is 4.87. The number of nitrogens with zero attached hydrogens (tertiary/aromatic N) is 3. The summed E-state index contributed by atoms with van der Waals surface area (Å²) >= 11 is 0. The molecule has 1 N–H and O–H groups in total. The number of anilines is 1. The van der Waals surface area contributed by atoms with Crippen molar-refractivity contribution in [2.24, 2.45) is 0 Å². The van der Waals surface area contributed by atoms with Crippen molar-refractivity contribution in [2.45, 2.75) is 33.8 Å². The Morgan fingerprint density at radius 1 is 1.06 bits per heavy atom. The van der Waals surface area contributed by atoms with Crippen molar-refractivity contribution >= 4 is 11.6 Å². The van der Waals surface area contributed by atoms with Crippen LogP contribution in [0.25, 0.3) is 0 Å². The van der Waals surface area contributed by atoms with Gasteiger partial charge in [-0.05, 0) is 63.6 Å². The van der Waals surface area contributed by atoms with Crippen molar-refractivity contribution in [3.63, 3.8) is 0 Å². The van der Waals surface area contributed by atoms with Gasteiger partial charge in [-0.2, -0.15) is 0 Å². The van der Waals surface area contributed by atoms with Gasteiger partial charge in [0.15, 0.2) is 0 Å². The first-order chi connectivity index (χ1) is 16.5. The largest absolute Gasteiger partial charge is 0.488 e. The zero-order valence-electron chi connectivity index (χ0n) is 20.3. The molecule has 0 saturated carbocycles. The summed E-state index contributed by atoms with van der Waals surface area (Å²) in [7, 11) is 0. The predicted molar refractivity (Wildman–Crippen MR) is 134 cm³/mol. The number of hydrogen-bond donors (Lipinski definition) is 1. The molecule has 34 heavy (non-hydrogen) atoms. The molecule has 1 amide bonds. The Hall–Kier alpha value is -3.32. The molecule has 4 rings (SSSR count). The topological polar surface area (TPSA) is 70.8 Å². The molecule has 2 heterocycles. The SMILES string of the molecule is Cc1cccc(N2CCN(CCCNC(=O)c3ccccc3OCc3c(C)noc3C)CC2)c1. The average molecular weight is 463 g/mol. The van der Waals surface area contributed by atoms with Crippen LogP contribution in [0, 0.1) is 20.8 Å². The van der Waals surface area contributed by atoms with E-state index in [-0.39, 0.29) is 5.91 Å². The van der Waals surface area contributed by atoms with Gasteiger partial charge in [0.2, 0.25) is 0 Å². The van der Waals surface area contributed by atoms with Gasteiger partial charge in [-0.25, -0.2) is 0 Å². The Labute approximate surface area is 201 Å². The summed E-state index contributed by atoms with van der Waals surface area (Å²) in [6, 6.07) is 16.0. The lowest BCUT2D eigenvalue weighted by Gasteiger charge is -2.36. The second-order valence-electron chi connectivity index (χ2n) is 8.86. The highest BCUT2D eigenvalue weighted by Crippen LogP contribution is 2.22. The van der Waals surface area contributed by atoms with Gasteiger partial charge < -0.3 is 19.5 Å². The molecule has 0 spiro atoms. The molecule has 7 heteroatoms. The highest BCUT2D eigenvalue weighted by Gasteiger charge is 2.18. The van der Waals surface area contributed by atoms with Crippen LogP contribution in [0.3, 0.4) is 0 Å². The number of aromatic nitrogens is 1. The normalized spacial score (nSPS) is 14.3. The first-order valence-corrected chi connectivity index (χ1v) is 12.0. The molecule has 1 saturated heterocycles. The summed E-state index contributed by atoms with van der Waals surface area (Å²) < 4.78 is 11.1. The van der Waals surface area contributed by atoms with E-state index in [1.807, 2.05) is 32.0 Å². The lowest BCUT2D eigenvalue weighted by molar-refractivity contribution is 0.0947. The van der Waals surface area contributed by atoms with Gasteiger partial charge in [-0.3, -0.25) is 9.69 Å². The van der Waals surface area contributed by atoms with Crippen LogP contribution in [-0.2, 0) is 6.61 Å². The zero-order chi connectivity index (χ0) is 23.9. The number of nitrogens with one attached hydrogen (secondary N) is 1. The number of aryl methyl sites for hydroxylation is 3. The van der Waals surface area contributed by atoms with E-state index in [1.165, 1.54) is 11.3 Å². The molecule has 1 aliphatic heterocycles. The van der Waals surface area contributed by atoms with Crippen molar-refractivity contribution in [1.82, 2.24) is 15.4 Å². The molecule has 2 aromatic carbocycles. The number of piperazine rings is 1. The van der Waals surface area contributed by atoms with E-state index in [0.717, 1.165) is 56.2 Å². The van der Waals surface area contributed by atoms with Crippen LogP contribution in [0.5, 0.6) is 5.75 Å². The van der Waals surface area contributed by atoms with Gasteiger partial charge in [0.25, 0.3) is 5.91 Å². The van der Waals surface area contributed by atoms with Crippen LogP contribution in [0.2, 0.25) is 0 Å². The number of carbonyl (C=O) groups is 1.